The number of carbonyl (C=O) groups is 1. The van der Waals surface area contributed by atoms with E-state index in [0.717, 1.165) is 61.9 Å². The summed E-state index contributed by atoms with van der Waals surface area (Å²) in [5.74, 6) is 0.490. The zero-order chi connectivity index (χ0) is 24.6. The van der Waals surface area contributed by atoms with Crippen molar-refractivity contribution in [2.75, 3.05) is 13.7 Å². The van der Waals surface area contributed by atoms with Gasteiger partial charge < -0.3 is 10.1 Å². The number of rotatable bonds is 9. The van der Waals surface area contributed by atoms with Gasteiger partial charge in [-0.2, -0.15) is 0 Å². The molecule has 1 aliphatic heterocycles. The average molecular weight is 475 g/mol. The molecule has 35 heavy (non-hydrogen) atoms. The number of piperidine rings is 1. The van der Waals surface area contributed by atoms with Crippen LogP contribution in [0.15, 0.2) is 72.8 Å². The van der Waals surface area contributed by atoms with Crippen LogP contribution in [0.5, 0.6) is 5.75 Å². The lowest BCUT2D eigenvalue weighted by Crippen LogP contribution is -2.51. The van der Waals surface area contributed by atoms with E-state index in [4.69, 9.17) is 4.74 Å². The maximum atomic E-state index is 13.8. The van der Waals surface area contributed by atoms with Gasteiger partial charge in [-0.3, -0.25) is 9.69 Å². The summed E-state index contributed by atoms with van der Waals surface area (Å²) in [6, 6.07) is 23.1. The third-order valence-electron chi connectivity index (χ3n) is 6.83. The van der Waals surface area contributed by atoms with Gasteiger partial charge in [0, 0.05) is 18.2 Å². The predicted molar refractivity (Wildman–Crippen MR) is 139 cm³/mol. The first kappa shape index (κ1) is 24.9. The predicted octanol–water partition coefficient (Wildman–Crippen LogP) is 5.99. The molecule has 3 aromatic carbocycles. The minimum atomic E-state index is -0.287. The van der Waals surface area contributed by atoms with Crippen molar-refractivity contribution >= 4 is 5.91 Å². The van der Waals surface area contributed by atoms with Gasteiger partial charge in [-0.1, -0.05) is 61.0 Å². The molecular weight excluding hydrogens is 439 g/mol. The van der Waals surface area contributed by atoms with E-state index in [0.29, 0.717) is 5.75 Å². The van der Waals surface area contributed by atoms with Crippen molar-refractivity contribution in [3.63, 3.8) is 0 Å². The van der Waals surface area contributed by atoms with E-state index in [1.165, 1.54) is 17.7 Å². The zero-order valence-electron chi connectivity index (χ0n) is 20.7. The number of hydrogen-bond acceptors (Lipinski definition) is 3. The number of halogens is 1. The molecule has 0 aromatic heterocycles. The molecule has 4 rings (SSSR count). The summed E-state index contributed by atoms with van der Waals surface area (Å²) >= 11 is 0. The summed E-state index contributed by atoms with van der Waals surface area (Å²) in [6.45, 7) is 3.72. The second-order valence-corrected chi connectivity index (χ2v) is 9.46. The minimum absolute atomic E-state index is 0.106. The van der Waals surface area contributed by atoms with Gasteiger partial charge in [0.2, 0.25) is 5.91 Å². The number of methoxy groups -OCH3 is 1. The van der Waals surface area contributed by atoms with Crippen LogP contribution in [0.3, 0.4) is 0 Å². The summed E-state index contributed by atoms with van der Waals surface area (Å²) in [6.07, 6.45) is 4.94. The zero-order valence-corrected chi connectivity index (χ0v) is 20.7. The number of ether oxygens (including phenoxy) is 1. The summed E-state index contributed by atoms with van der Waals surface area (Å²) in [5, 5.41) is 3.25. The van der Waals surface area contributed by atoms with Crippen LogP contribution in [0.4, 0.5) is 4.39 Å². The smallest absolute Gasteiger partial charge is 0.237 e. The molecular formula is C30H35FN2O2. The first-order valence-electron chi connectivity index (χ1n) is 12.5. The quantitative estimate of drug-likeness (QED) is 0.414. The van der Waals surface area contributed by atoms with E-state index in [9.17, 15) is 9.18 Å². The molecule has 1 N–H and O–H groups in total. The van der Waals surface area contributed by atoms with Crippen LogP contribution < -0.4 is 10.1 Å². The van der Waals surface area contributed by atoms with Crippen molar-refractivity contribution in [1.82, 2.24) is 10.2 Å². The second-order valence-electron chi connectivity index (χ2n) is 9.46. The van der Waals surface area contributed by atoms with Gasteiger partial charge in [0.15, 0.2) is 0 Å². The number of hydrogen-bond donors (Lipinski definition) is 1. The normalized spacial score (nSPS) is 17.1. The molecule has 0 spiro atoms. The highest BCUT2D eigenvalue weighted by molar-refractivity contribution is 5.82. The number of aryl methyl sites for hydroxylation is 1. The van der Waals surface area contributed by atoms with E-state index >= 15 is 0 Å². The summed E-state index contributed by atoms with van der Waals surface area (Å²) < 4.78 is 19.2. The molecule has 0 radical (unpaired) electrons. The third kappa shape index (κ3) is 6.70. The molecule has 1 fully saturated rings. The van der Waals surface area contributed by atoms with Crippen LogP contribution in [0.2, 0.25) is 0 Å². The molecule has 0 aliphatic carbocycles. The van der Waals surface area contributed by atoms with Crippen molar-refractivity contribution in [2.45, 2.75) is 57.7 Å². The van der Waals surface area contributed by atoms with Crippen molar-refractivity contribution in [1.29, 1.82) is 0 Å². The Hall–Kier alpha value is -3.18. The number of amides is 1. The Morgan fingerprint density at radius 3 is 2.57 bits per heavy atom. The van der Waals surface area contributed by atoms with Gasteiger partial charge in [0.05, 0.1) is 13.2 Å². The number of likely N-dealkylation sites (tertiary alicyclic amines) is 1. The molecule has 3 aromatic rings. The minimum Gasteiger partial charge on any atom is -0.496 e. The monoisotopic (exact) mass is 474 g/mol. The topological polar surface area (TPSA) is 41.6 Å². The lowest BCUT2D eigenvalue weighted by Gasteiger charge is -2.35. The van der Waals surface area contributed by atoms with Crippen molar-refractivity contribution in [3.05, 3.63) is 89.7 Å². The molecule has 184 valence electrons. The fourth-order valence-electron chi connectivity index (χ4n) is 4.85. The highest BCUT2D eigenvalue weighted by Crippen LogP contribution is 2.31. The Kier molecular flexibility index (Phi) is 8.54. The first-order chi connectivity index (χ1) is 17.0. The lowest BCUT2D eigenvalue weighted by atomic mass is 9.98. The van der Waals surface area contributed by atoms with Crippen LogP contribution >= 0.6 is 0 Å². The highest BCUT2D eigenvalue weighted by atomic mass is 19.1. The Labute approximate surface area is 208 Å². The Morgan fingerprint density at radius 2 is 1.83 bits per heavy atom. The fraction of sp³-hybridized carbons (Fsp3) is 0.367. The summed E-state index contributed by atoms with van der Waals surface area (Å²) in [4.78, 5) is 15.5. The van der Waals surface area contributed by atoms with Crippen molar-refractivity contribution in [3.8, 4) is 16.9 Å². The maximum Gasteiger partial charge on any atom is 0.237 e. The summed E-state index contributed by atoms with van der Waals surface area (Å²) in [7, 11) is 1.59. The highest BCUT2D eigenvalue weighted by Gasteiger charge is 2.29. The van der Waals surface area contributed by atoms with Crippen LogP contribution in [0.25, 0.3) is 11.1 Å². The van der Waals surface area contributed by atoms with Crippen LogP contribution in [0.1, 0.15) is 43.7 Å². The number of carbonyl (C=O) groups excluding carboxylic acids is 1. The lowest BCUT2D eigenvalue weighted by molar-refractivity contribution is -0.128. The number of nitrogens with zero attached hydrogens (tertiary/aromatic N) is 1. The van der Waals surface area contributed by atoms with E-state index in [1.54, 1.807) is 13.2 Å². The molecule has 1 aliphatic rings. The van der Waals surface area contributed by atoms with Gasteiger partial charge in [0.1, 0.15) is 11.6 Å². The van der Waals surface area contributed by atoms with Crippen LogP contribution in [-0.4, -0.2) is 36.5 Å². The standard InChI is InChI=1S/C30H35FN2O2/c1-22(11-12-23-8-4-3-5-9-23)32-30(34)28-10-6-7-19-33(28)21-24-13-15-25(16-14-24)27-20-26(31)17-18-29(27)35-2/h3-5,8-9,13-18,20,22,28H,6-7,10-12,19,21H2,1-2H3,(H,32,34). The Bertz CT molecular complexity index is 1100. The summed E-state index contributed by atoms with van der Waals surface area (Å²) in [5.41, 5.74) is 4.08. The van der Waals surface area contributed by atoms with E-state index < -0.39 is 0 Å². The molecule has 1 saturated heterocycles. The molecule has 2 unspecified atom stereocenters. The molecule has 1 heterocycles. The number of nitrogens with one attached hydrogen (secondary N) is 1. The molecule has 5 heteroatoms. The Morgan fingerprint density at radius 1 is 1.06 bits per heavy atom. The second kappa shape index (κ2) is 12.0. The van der Waals surface area contributed by atoms with Crippen molar-refractivity contribution in [2.24, 2.45) is 0 Å². The molecule has 2 atom stereocenters. The van der Waals surface area contributed by atoms with E-state index in [-0.39, 0.29) is 23.8 Å². The average Bonchev–Trinajstić information content (AvgIpc) is 2.89. The van der Waals surface area contributed by atoms with Gasteiger partial charge in [-0.05, 0) is 74.0 Å². The van der Waals surface area contributed by atoms with Gasteiger partial charge in [-0.25, -0.2) is 4.39 Å². The third-order valence-corrected chi connectivity index (χ3v) is 6.83. The van der Waals surface area contributed by atoms with Crippen LogP contribution in [0, 0.1) is 5.82 Å². The van der Waals surface area contributed by atoms with Gasteiger partial charge in [0.25, 0.3) is 0 Å². The van der Waals surface area contributed by atoms with E-state index in [1.807, 2.05) is 18.2 Å². The van der Waals surface area contributed by atoms with Crippen LogP contribution in [-0.2, 0) is 17.8 Å². The molecule has 1 amide bonds. The van der Waals surface area contributed by atoms with Gasteiger partial charge >= 0.3 is 0 Å². The molecule has 0 bridgehead atoms. The number of benzene rings is 3. The maximum absolute atomic E-state index is 13.8. The largest absolute Gasteiger partial charge is 0.496 e. The van der Waals surface area contributed by atoms with Crippen molar-refractivity contribution < 1.29 is 13.9 Å². The van der Waals surface area contributed by atoms with Gasteiger partial charge in [-0.15, -0.1) is 0 Å². The molecule has 0 saturated carbocycles. The molecule has 4 nitrogen and oxygen atoms in total. The fourth-order valence-corrected chi connectivity index (χ4v) is 4.85. The van der Waals surface area contributed by atoms with E-state index in [2.05, 4.69) is 53.5 Å². The Balaban J connectivity index is 1.37. The SMILES string of the molecule is COc1ccc(F)cc1-c1ccc(CN2CCCCC2C(=O)NC(C)CCc2ccccc2)cc1. The first-order valence-corrected chi connectivity index (χ1v) is 12.5.